The molecule has 1 N–H and O–H groups in total. The van der Waals surface area contributed by atoms with E-state index in [1.54, 1.807) is 6.92 Å². The Bertz CT molecular complexity index is 315. The van der Waals surface area contributed by atoms with E-state index < -0.39 is 17.5 Å². The molecule has 2 atom stereocenters. The maximum absolute atomic E-state index is 12.2. The summed E-state index contributed by atoms with van der Waals surface area (Å²) >= 11 is 0. The van der Waals surface area contributed by atoms with Gasteiger partial charge in [0, 0.05) is 13.0 Å². The van der Waals surface area contributed by atoms with Gasteiger partial charge in [0.25, 0.3) is 0 Å². The standard InChI is InChI=1S/C14H24O5/c1-3-18-10-11(15)9-14(13(17)19-4-2)8-6-5-7-12(14)16/h11,15H,3-10H2,1-2H3. The van der Waals surface area contributed by atoms with Gasteiger partial charge in [-0.2, -0.15) is 0 Å². The van der Waals surface area contributed by atoms with Crippen LogP contribution in [-0.2, 0) is 19.1 Å². The molecule has 1 fully saturated rings. The molecule has 0 bridgehead atoms. The minimum Gasteiger partial charge on any atom is -0.465 e. The van der Waals surface area contributed by atoms with Crippen molar-refractivity contribution in [2.45, 2.75) is 52.1 Å². The second-order valence-corrected chi connectivity index (χ2v) is 4.95. The number of ketones is 1. The Hall–Kier alpha value is -0.940. The van der Waals surface area contributed by atoms with Crippen molar-refractivity contribution in [3.05, 3.63) is 0 Å². The highest BCUT2D eigenvalue weighted by atomic mass is 16.5. The first-order chi connectivity index (χ1) is 9.06. The molecular formula is C14H24O5. The Labute approximate surface area is 114 Å². The van der Waals surface area contributed by atoms with Crippen LogP contribution in [0.2, 0.25) is 0 Å². The van der Waals surface area contributed by atoms with Crippen molar-refractivity contribution in [2.75, 3.05) is 19.8 Å². The van der Waals surface area contributed by atoms with Gasteiger partial charge < -0.3 is 14.6 Å². The molecule has 1 aliphatic carbocycles. The lowest BCUT2D eigenvalue weighted by molar-refractivity contribution is -0.165. The lowest BCUT2D eigenvalue weighted by atomic mass is 9.69. The number of aliphatic hydroxyl groups excluding tert-OH is 1. The van der Waals surface area contributed by atoms with Crippen LogP contribution >= 0.6 is 0 Å². The van der Waals surface area contributed by atoms with Crippen molar-refractivity contribution in [1.82, 2.24) is 0 Å². The summed E-state index contributed by atoms with van der Waals surface area (Å²) in [5.74, 6) is -0.594. The lowest BCUT2D eigenvalue weighted by Gasteiger charge is -2.34. The van der Waals surface area contributed by atoms with Crippen molar-refractivity contribution in [3.63, 3.8) is 0 Å². The molecular weight excluding hydrogens is 248 g/mol. The molecule has 110 valence electrons. The molecule has 0 spiro atoms. The quantitative estimate of drug-likeness (QED) is 0.561. The van der Waals surface area contributed by atoms with Gasteiger partial charge in [-0.15, -0.1) is 0 Å². The Balaban J connectivity index is 2.79. The first-order valence-electron chi connectivity index (χ1n) is 7.03. The molecule has 0 aliphatic heterocycles. The Kier molecular flexibility index (Phi) is 6.45. The van der Waals surface area contributed by atoms with Gasteiger partial charge in [-0.3, -0.25) is 9.59 Å². The van der Waals surface area contributed by atoms with Gasteiger partial charge in [0.05, 0.1) is 19.3 Å². The molecule has 1 rings (SSSR count). The minimum atomic E-state index is -1.16. The predicted octanol–water partition coefficient (Wildman–Crippen LogP) is 1.47. The molecule has 0 aromatic rings. The van der Waals surface area contributed by atoms with E-state index in [0.29, 0.717) is 19.4 Å². The summed E-state index contributed by atoms with van der Waals surface area (Å²) in [5.41, 5.74) is -1.16. The fourth-order valence-corrected chi connectivity index (χ4v) is 2.59. The van der Waals surface area contributed by atoms with E-state index in [1.165, 1.54) is 0 Å². The SMILES string of the molecule is CCOCC(O)CC1(C(=O)OCC)CCCCC1=O. The number of carbonyl (C=O) groups is 2. The van der Waals surface area contributed by atoms with Crippen LogP contribution in [0.25, 0.3) is 0 Å². The van der Waals surface area contributed by atoms with Gasteiger partial charge in [-0.25, -0.2) is 0 Å². The molecule has 0 aromatic heterocycles. The molecule has 0 amide bonds. The first-order valence-corrected chi connectivity index (χ1v) is 7.03. The number of esters is 1. The second-order valence-electron chi connectivity index (χ2n) is 4.95. The van der Waals surface area contributed by atoms with Crippen LogP contribution < -0.4 is 0 Å². The van der Waals surface area contributed by atoms with E-state index in [2.05, 4.69) is 0 Å². The van der Waals surface area contributed by atoms with Gasteiger partial charge in [-0.05, 0) is 33.1 Å². The van der Waals surface area contributed by atoms with E-state index in [4.69, 9.17) is 9.47 Å². The topological polar surface area (TPSA) is 72.8 Å². The summed E-state index contributed by atoms with van der Waals surface area (Å²) in [6.07, 6.45) is 1.76. The minimum absolute atomic E-state index is 0.102. The van der Waals surface area contributed by atoms with Crippen LogP contribution in [0.5, 0.6) is 0 Å². The van der Waals surface area contributed by atoms with Crippen molar-refractivity contribution < 1.29 is 24.2 Å². The normalized spacial score (nSPS) is 25.1. The molecule has 2 unspecified atom stereocenters. The van der Waals surface area contributed by atoms with Crippen LogP contribution in [0.15, 0.2) is 0 Å². The van der Waals surface area contributed by atoms with E-state index in [9.17, 15) is 14.7 Å². The summed E-state index contributed by atoms with van der Waals surface area (Å²) in [6, 6.07) is 0. The highest BCUT2D eigenvalue weighted by Crippen LogP contribution is 2.38. The van der Waals surface area contributed by atoms with Crippen LogP contribution in [0, 0.1) is 5.41 Å². The first kappa shape index (κ1) is 16.1. The third kappa shape index (κ3) is 4.01. The molecule has 0 radical (unpaired) electrons. The van der Waals surface area contributed by atoms with Gasteiger partial charge in [0.1, 0.15) is 11.2 Å². The average molecular weight is 272 g/mol. The molecule has 0 aromatic carbocycles. The van der Waals surface area contributed by atoms with Crippen molar-refractivity contribution >= 4 is 11.8 Å². The summed E-state index contributed by atoms with van der Waals surface area (Å²) < 4.78 is 10.2. The molecule has 5 nitrogen and oxygen atoms in total. The summed E-state index contributed by atoms with van der Waals surface area (Å²) in [6.45, 7) is 4.44. The van der Waals surface area contributed by atoms with Gasteiger partial charge >= 0.3 is 5.97 Å². The van der Waals surface area contributed by atoms with Gasteiger partial charge in [-0.1, -0.05) is 6.42 Å². The zero-order valence-corrected chi connectivity index (χ0v) is 11.8. The fraction of sp³-hybridized carbons (Fsp3) is 0.857. The number of hydrogen-bond donors (Lipinski definition) is 1. The van der Waals surface area contributed by atoms with Crippen LogP contribution in [0.4, 0.5) is 0 Å². The number of rotatable bonds is 7. The number of aliphatic hydroxyl groups is 1. The number of Topliss-reactive ketones (excluding diaryl/α,β-unsaturated/α-hetero) is 1. The molecule has 1 saturated carbocycles. The summed E-state index contributed by atoms with van der Waals surface area (Å²) in [5, 5.41) is 9.95. The molecule has 0 saturated heterocycles. The van der Waals surface area contributed by atoms with E-state index in [0.717, 1.165) is 12.8 Å². The highest BCUT2D eigenvalue weighted by Gasteiger charge is 2.48. The second kappa shape index (κ2) is 7.60. The maximum Gasteiger partial charge on any atom is 0.319 e. The molecule has 19 heavy (non-hydrogen) atoms. The third-order valence-corrected chi connectivity index (χ3v) is 3.56. The number of hydrogen-bond acceptors (Lipinski definition) is 5. The molecule has 5 heteroatoms. The molecule has 0 heterocycles. The number of carbonyl (C=O) groups excluding carboxylic acids is 2. The summed E-state index contributed by atoms with van der Waals surface area (Å²) in [4.78, 5) is 24.3. The van der Waals surface area contributed by atoms with E-state index in [-0.39, 0.29) is 25.4 Å². The smallest absolute Gasteiger partial charge is 0.319 e. The van der Waals surface area contributed by atoms with Crippen LogP contribution in [-0.4, -0.2) is 42.8 Å². The third-order valence-electron chi connectivity index (χ3n) is 3.56. The molecule has 1 aliphatic rings. The maximum atomic E-state index is 12.2. The van der Waals surface area contributed by atoms with Crippen molar-refractivity contribution in [1.29, 1.82) is 0 Å². The lowest BCUT2D eigenvalue weighted by Crippen LogP contribution is -2.46. The Morgan fingerprint density at radius 3 is 2.68 bits per heavy atom. The van der Waals surface area contributed by atoms with E-state index >= 15 is 0 Å². The monoisotopic (exact) mass is 272 g/mol. The van der Waals surface area contributed by atoms with Gasteiger partial charge in [0.15, 0.2) is 0 Å². The highest BCUT2D eigenvalue weighted by molar-refractivity contribution is 6.04. The van der Waals surface area contributed by atoms with Crippen molar-refractivity contribution in [2.24, 2.45) is 5.41 Å². The zero-order chi connectivity index (χ0) is 14.3. The zero-order valence-electron chi connectivity index (χ0n) is 11.8. The predicted molar refractivity (Wildman–Crippen MR) is 69.7 cm³/mol. The fourth-order valence-electron chi connectivity index (χ4n) is 2.59. The van der Waals surface area contributed by atoms with Gasteiger partial charge in [0.2, 0.25) is 0 Å². The summed E-state index contributed by atoms with van der Waals surface area (Å²) in [7, 11) is 0. The number of ether oxygens (including phenoxy) is 2. The van der Waals surface area contributed by atoms with E-state index in [1.807, 2.05) is 6.92 Å². The Morgan fingerprint density at radius 1 is 1.37 bits per heavy atom. The largest absolute Gasteiger partial charge is 0.465 e. The van der Waals surface area contributed by atoms with Crippen molar-refractivity contribution in [3.8, 4) is 0 Å². The Morgan fingerprint density at radius 2 is 2.11 bits per heavy atom. The van der Waals surface area contributed by atoms with Crippen LogP contribution in [0.1, 0.15) is 46.0 Å². The van der Waals surface area contributed by atoms with Crippen LogP contribution in [0.3, 0.4) is 0 Å². The average Bonchev–Trinajstić information content (AvgIpc) is 2.39.